The molecule has 0 bridgehead atoms. The van der Waals surface area contributed by atoms with Gasteiger partial charge in [0.1, 0.15) is 5.82 Å². The molecule has 1 aromatic heterocycles. The van der Waals surface area contributed by atoms with E-state index >= 15 is 0 Å². The molecule has 0 spiro atoms. The van der Waals surface area contributed by atoms with Gasteiger partial charge >= 0.3 is 0 Å². The van der Waals surface area contributed by atoms with Gasteiger partial charge < -0.3 is 0 Å². The van der Waals surface area contributed by atoms with Gasteiger partial charge in [0.2, 0.25) is 10.0 Å². The van der Waals surface area contributed by atoms with Crippen LogP contribution in [0, 0.1) is 12.7 Å². The quantitative estimate of drug-likeness (QED) is 0.503. The number of nitrogens with zero attached hydrogens (tertiary/aromatic N) is 2. The van der Waals surface area contributed by atoms with Crippen LogP contribution in [0.5, 0.6) is 0 Å². The number of nitrogens with one attached hydrogen (secondary N) is 1. The maximum absolute atomic E-state index is 13.2. The van der Waals surface area contributed by atoms with Gasteiger partial charge in [-0.3, -0.25) is 10.1 Å². The van der Waals surface area contributed by atoms with E-state index in [4.69, 9.17) is 11.6 Å². The Labute approximate surface area is 189 Å². The van der Waals surface area contributed by atoms with Gasteiger partial charge in [0, 0.05) is 23.5 Å². The molecule has 0 fully saturated rings. The number of aryl methyl sites for hydroxylation is 1. The van der Waals surface area contributed by atoms with Crippen molar-refractivity contribution in [3.8, 4) is 11.3 Å². The maximum Gasteiger partial charge on any atom is 0.259 e. The minimum Gasteiger partial charge on any atom is -0.298 e. The molecule has 6 nitrogen and oxygen atoms in total. The van der Waals surface area contributed by atoms with Gasteiger partial charge in [-0.2, -0.15) is 4.31 Å². The summed E-state index contributed by atoms with van der Waals surface area (Å²) in [5.41, 5.74) is 1.39. The molecule has 31 heavy (non-hydrogen) atoms. The fraction of sp³-hybridized carbons (Fsp3) is 0.238. The number of halogens is 2. The van der Waals surface area contributed by atoms with E-state index in [1.807, 2.05) is 6.92 Å². The predicted molar refractivity (Wildman–Crippen MR) is 122 cm³/mol. The highest BCUT2D eigenvalue weighted by Crippen LogP contribution is 2.31. The van der Waals surface area contributed by atoms with Crippen molar-refractivity contribution < 1.29 is 17.6 Å². The van der Waals surface area contributed by atoms with Gasteiger partial charge in [-0.15, -0.1) is 11.3 Å². The van der Waals surface area contributed by atoms with E-state index in [2.05, 4.69) is 10.3 Å². The Hall–Kier alpha value is -2.33. The molecule has 3 aromatic rings. The zero-order valence-electron chi connectivity index (χ0n) is 17.1. The lowest BCUT2D eigenvalue weighted by atomic mass is 10.1. The van der Waals surface area contributed by atoms with Crippen LogP contribution in [0.1, 0.15) is 29.1 Å². The Balaban J connectivity index is 1.89. The third kappa shape index (κ3) is 4.95. The van der Waals surface area contributed by atoms with Crippen LogP contribution in [0.2, 0.25) is 5.02 Å². The molecule has 3 rings (SSSR count). The van der Waals surface area contributed by atoms with E-state index in [0.29, 0.717) is 23.9 Å². The van der Waals surface area contributed by atoms with Crippen molar-refractivity contribution in [1.29, 1.82) is 0 Å². The first-order chi connectivity index (χ1) is 14.7. The summed E-state index contributed by atoms with van der Waals surface area (Å²) in [5, 5.41) is 3.14. The number of amides is 1. The van der Waals surface area contributed by atoms with E-state index in [1.54, 1.807) is 26.0 Å². The van der Waals surface area contributed by atoms with E-state index in [9.17, 15) is 17.6 Å². The Morgan fingerprint density at radius 1 is 1.16 bits per heavy atom. The number of benzene rings is 2. The molecule has 1 N–H and O–H groups in total. The molecule has 0 atom stereocenters. The summed E-state index contributed by atoms with van der Waals surface area (Å²) >= 11 is 7.44. The molecule has 0 saturated heterocycles. The number of carbonyl (C=O) groups is 1. The molecule has 164 valence electrons. The Morgan fingerprint density at radius 2 is 1.81 bits per heavy atom. The van der Waals surface area contributed by atoms with Crippen LogP contribution in [-0.4, -0.2) is 36.7 Å². The normalized spacial score (nSPS) is 11.7. The second kappa shape index (κ2) is 9.44. The van der Waals surface area contributed by atoms with Crippen molar-refractivity contribution in [2.24, 2.45) is 0 Å². The van der Waals surface area contributed by atoms with E-state index in [-0.39, 0.29) is 21.3 Å². The van der Waals surface area contributed by atoms with Gasteiger partial charge in [-0.1, -0.05) is 25.4 Å². The second-order valence-corrected chi connectivity index (χ2v) is 10.2. The number of hydrogen-bond donors (Lipinski definition) is 1. The molecule has 0 aliphatic carbocycles. The zero-order valence-corrected chi connectivity index (χ0v) is 19.5. The molecule has 0 aliphatic rings. The number of hydrogen-bond acceptors (Lipinski definition) is 5. The van der Waals surface area contributed by atoms with Gasteiger partial charge in [-0.05, 0) is 49.4 Å². The van der Waals surface area contributed by atoms with Crippen LogP contribution < -0.4 is 5.32 Å². The lowest BCUT2D eigenvalue weighted by molar-refractivity contribution is 0.102. The van der Waals surface area contributed by atoms with Crippen LogP contribution in [-0.2, 0) is 10.0 Å². The monoisotopic (exact) mass is 481 g/mol. The zero-order chi connectivity index (χ0) is 22.8. The highest BCUT2D eigenvalue weighted by Gasteiger charge is 2.24. The lowest BCUT2D eigenvalue weighted by Gasteiger charge is -2.19. The summed E-state index contributed by atoms with van der Waals surface area (Å²) in [5.74, 6) is -0.916. The van der Waals surface area contributed by atoms with Gasteiger partial charge in [-0.25, -0.2) is 17.8 Å². The number of thiazole rings is 1. The van der Waals surface area contributed by atoms with Crippen LogP contribution in [0.15, 0.2) is 47.4 Å². The molecular formula is C21H21ClFN3O3S2. The lowest BCUT2D eigenvalue weighted by Crippen LogP contribution is -2.30. The van der Waals surface area contributed by atoms with Crippen molar-refractivity contribution >= 4 is 44.0 Å². The summed E-state index contributed by atoms with van der Waals surface area (Å²) in [7, 11) is -3.74. The maximum atomic E-state index is 13.2. The van der Waals surface area contributed by atoms with Gasteiger partial charge in [0.15, 0.2) is 5.13 Å². The average Bonchev–Trinajstić information content (AvgIpc) is 3.09. The summed E-state index contributed by atoms with van der Waals surface area (Å²) in [6.45, 7) is 5.96. The smallest absolute Gasteiger partial charge is 0.259 e. The number of aromatic nitrogens is 1. The molecule has 0 aliphatic heterocycles. The summed E-state index contributed by atoms with van der Waals surface area (Å²) in [6.07, 6.45) is 0. The largest absolute Gasteiger partial charge is 0.298 e. The molecule has 1 amide bonds. The minimum atomic E-state index is -3.74. The highest BCUT2D eigenvalue weighted by atomic mass is 35.5. The number of sulfonamides is 1. The van der Waals surface area contributed by atoms with Crippen LogP contribution in [0.25, 0.3) is 11.3 Å². The standard InChI is InChI=1S/C21H21ClFN3O3S2/c1-4-26(5-2)31(28,29)16-10-11-18(22)17(12-16)20(27)25-21-24-19(13(3)30-21)14-6-8-15(23)9-7-14/h6-12H,4-5H2,1-3H3,(H,24,25,27). The first kappa shape index (κ1) is 23.3. The first-order valence-electron chi connectivity index (χ1n) is 9.51. The molecule has 1 heterocycles. The van der Waals surface area contributed by atoms with Crippen molar-refractivity contribution in [3.05, 3.63) is 63.7 Å². The van der Waals surface area contributed by atoms with Crippen LogP contribution >= 0.6 is 22.9 Å². The molecule has 0 saturated carbocycles. The van der Waals surface area contributed by atoms with Crippen molar-refractivity contribution in [1.82, 2.24) is 9.29 Å². The summed E-state index contributed by atoms with van der Waals surface area (Å²) in [4.78, 5) is 18.1. The molecule has 0 unspecified atom stereocenters. The Morgan fingerprint density at radius 3 is 2.42 bits per heavy atom. The molecular weight excluding hydrogens is 461 g/mol. The van der Waals surface area contributed by atoms with Crippen LogP contribution in [0.3, 0.4) is 0 Å². The molecule has 10 heteroatoms. The minimum absolute atomic E-state index is 0.00642. The number of anilines is 1. The summed E-state index contributed by atoms with van der Waals surface area (Å²) in [6, 6.07) is 9.95. The Kier molecular flexibility index (Phi) is 7.10. The fourth-order valence-corrected chi connectivity index (χ4v) is 5.56. The Bertz CT molecular complexity index is 1210. The van der Waals surface area contributed by atoms with Gasteiger partial charge in [0.05, 0.1) is 21.2 Å². The highest BCUT2D eigenvalue weighted by molar-refractivity contribution is 7.89. The second-order valence-electron chi connectivity index (χ2n) is 6.62. The first-order valence-corrected chi connectivity index (χ1v) is 12.1. The molecule has 2 aromatic carbocycles. The van der Waals surface area contributed by atoms with Crippen molar-refractivity contribution in [2.75, 3.05) is 18.4 Å². The molecule has 0 radical (unpaired) electrons. The number of carbonyl (C=O) groups excluding carboxylic acids is 1. The predicted octanol–water partition coefficient (Wildman–Crippen LogP) is 5.19. The number of rotatable bonds is 7. The average molecular weight is 482 g/mol. The fourth-order valence-electron chi connectivity index (χ4n) is 3.04. The van der Waals surface area contributed by atoms with Crippen LogP contribution in [0.4, 0.5) is 9.52 Å². The topological polar surface area (TPSA) is 79.4 Å². The van der Waals surface area contributed by atoms with E-state index in [0.717, 1.165) is 10.4 Å². The van der Waals surface area contributed by atoms with Gasteiger partial charge in [0.25, 0.3) is 5.91 Å². The van der Waals surface area contributed by atoms with E-state index in [1.165, 1.54) is 46.0 Å². The third-order valence-corrected chi connectivity index (χ3v) is 7.92. The SMILES string of the molecule is CCN(CC)S(=O)(=O)c1ccc(Cl)c(C(=O)Nc2nc(-c3ccc(F)cc3)c(C)s2)c1. The summed E-state index contributed by atoms with van der Waals surface area (Å²) < 4.78 is 40.1. The van der Waals surface area contributed by atoms with Crippen molar-refractivity contribution in [3.63, 3.8) is 0 Å². The van der Waals surface area contributed by atoms with Crippen molar-refractivity contribution in [2.45, 2.75) is 25.7 Å². The third-order valence-electron chi connectivity index (χ3n) is 4.66. The van der Waals surface area contributed by atoms with E-state index < -0.39 is 15.9 Å².